The number of benzene rings is 1. The molecule has 1 atom stereocenters. The van der Waals surface area contributed by atoms with E-state index in [0.717, 1.165) is 18.7 Å². The van der Waals surface area contributed by atoms with Crippen molar-refractivity contribution < 1.29 is 4.79 Å². The van der Waals surface area contributed by atoms with E-state index in [1.165, 1.54) is 0 Å². The topological polar surface area (TPSA) is 81.1 Å². The van der Waals surface area contributed by atoms with E-state index in [0.29, 0.717) is 17.2 Å². The van der Waals surface area contributed by atoms with Gasteiger partial charge in [-0.25, -0.2) is 0 Å². The number of nitrogens with one attached hydrogen (secondary N) is 1. The van der Waals surface area contributed by atoms with Crippen LogP contribution in [0, 0.1) is 5.92 Å². The van der Waals surface area contributed by atoms with E-state index in [4.69, 9.17) is 11.5 Å². The van der Waals surface area contributed by atoms with Crippen LogP contribution in [-0.2, 0) is 0 Å². The zero-order valence-corrected chi connectivity index (χ0v) is 9.79. The summed E-state index contributed by atoms with van der Waals surface area (Å²) in [6, 6.07) is 5.24. The fourth-order valence-corrected chi connectivity index (χ4v) is 1.32. The van der Waals surface area contributed by atoms with Crippen LogP contribution in [0.3, 0.4) is 0 Å². The molecule has 4 heteroatoms. The molecule has 1 aromatic rings. The van der Waals surface area contributed by atoms with Gasteiger partial charge < -0.3 is 16.8 Å². The highest BCUT2D eigenvalue weighted by Crippen LogP contribution is 2.17. The van der Waals surface area contributed by atoms with Gasteiger partial charge in [0.25, 0.3) is 5.91 Å². The molecule has 1 rings (SSSR count). The first-order chi connectivity index (χ1) is 7.54. The Hall–Kier alpha value is -1.71. The highest BCUT2D eigenvalue weighted by molar-refractivity contribution is 5.98. The van der Waals surface area contributed by atoms with Crippen molar-refractivity contribution in [3.63, 3.8) is 0 Å². The van der Waals surface area contributed by atoms with Gasteiger partial charge in [-0.05, 0) is 24.1 Å². The van der Waals surface area contributed by atoms with Crippen LogP contribution in [0.1, 0.15) is 30.6 Å². The highest BCUT2D eigenvalue weighted by Gasteiger charge is 2.07. The molecule has 0 bridgehead atoms. The first kappa shape index (κ1) is 12.4. The Morgan fingerprint density at radius 2 is 2.19 bits per heavy atom. The van der Waals surface area contributed by atoms with Gasteiger partial charge in [0, 0.05) is 17.9 Å². The van der Waals surface area contributed by atoms with E-state index in [-0.39, 0.29) is 0 Å². The molecule has 0 saturated heterocycles. The van der Waals surface area contributed by atoms with Crippen molar-refractivity contribution in [2.75, 3.05) is 17.6 Å². The zero-order chi connectivity index (χ0) is 12.1. The lowest BCUT2D eigenvalue weighted by atomic mass is 10.1. The molecule has 1 amide bonds. The van der Waals surface area contributed by atoms with E-state index in [9.17, 15) is 4.79 Å². The summed E-state index contributed by atoms with van der Waals surface area (Å²) in [7, 11) is 0. The predicted molar refractivity (Wildman–Crippen MR) is 67.3 cm³/mol. The van der Waals surface area contributed by atoms with Gasteiger partial charge in [-0.2, -0.15) is 0 Å². The number of anilines is 2. The summed E-state index contributed by atoms with van der Waals surface area (Å²) >= 11 is 0. The molecule has 1 unspecified atom stereocenters. The minimum absolute atomic E-state index is 0.370. The Morgan fingerprint density at radius 1 is 1.50 bits per heavy atom. The molecule has 0 saturated carbocycles. The number of hydrogen-bond acceptors (Lipinski definition) is 3. The van der Waals surface area contributed by atoms with E-state index < -0.39 is 5.91 Å². The van der Waals surface area contributed by atoms with Gasteiger partial charge >= 0.3 is 0 Å². The average molecular weight is 221 g/mol. The number of carbonyl (C=O) groups is 1. The van der Waals surface area contributed by atoms with Crippen LogP contribution in [0.15, 0.2) is 18.2 Å². The molecule has 5 N–H and O–H groups in total. The Balaban J connectivity index is 2.75. The van der Waals surface area contributed by atoms with Crippen LogP contribution < -0.4 is 16.8 Å². The van der Waals surface area contributed by atoms with Gasteiger partial charge in [-0.3, -0.25) is 4.79 Å². The second kappa shape index (κ2) is 5.39. The van der Waals surface area contributed by atoms with Crippen LogP contribution in [0.4, 0.5) is 11.4 Å². The zero-order valence-electron chi connectivity index (χ0n) is 9.79. The Morgan fingerprint density at radius 3 is 2.75 bits per heavy atom. The van der Waals surface area contributed by atoms with Crippen LogP contribution in [0.2, 0.25) is 0 Å². The minimum Gasteiger partial charge on any atom is -0.398 e. The molecule has 0 aromatic heterocycles. The van der Waals surface area contributed by atoms with Gasteiger partial charge in [-0.1, -0.05) is 20.3 Å². The monoisotopic (exact) mass is 221 g/mol. The number of primary amides is 1. The molecule has 0 radical (unpaired) electrons. The lowest BCUT2D eigenvalue weighted by Crippen LogP contribution is -2.15. The molecule has 0 spiro atoms. The quantitative estimate of drug-likeness (QED) is 0.663. The fourth-order valence-electron chi connectivity index (χ4n) is 1.32. The standard InChI is InChI=1S/C12H19N3O/c1-3-8(2)7-15-9-4-5-11(13)10(6-9)12(14)16/h4-6,8,15H,3,7,13H2,1-2H3,(H2,14,16). The third-order valence-electron chi connectivity index (χ3n) is 2.67. The van der Waals surface area contributed by atoms with Crippen molar-refractivity contribution in [3.8, 4) is 0 Å². The Labute approximate surface area is 96.0 Å². The SMILES string of the molecule is CCC(C)CNc1ccc(N)c(C(N)=O)c1. The molecule has 1 aromatic carbocycles. The number of carbonyl (C=O) groups excluding carboxylic acids is 1. The highest BCUT2D eigenvalue weighted by atomic mass is 16.1. The molecule has 0 aliphatic rings. The third-order valence-corrected chi connectivity index (χ3v) is 2.67. The smallest absolute Gasteiger partial charge is 0.250 e. The maximum atomic E-state index is 11.1. The van der Waals surface area contributed by atoms with Gasteiger partial charge in [0.15, 0.2) is 0 Å². The molecule has 88 valence electrons. The van der Waals surface area contributed by atoms with Gasteiger partial charge in [0.2, 0.25) is 0 Å². The van der Waals surface area contributed by atoms with Gasteiger partial charge in [0.05, 0.1) is 5.56 Å². The molecule has 4 nitrogen and oxygen atoms in total. The van der Waals surface area contributed by atoms with Crippen molar-refractivity contribution in [2.45, 2.75) is 20.3 Å². The Bertz CT molecular complexity index is 377. The maximum Gasteiger partial charge on any atom is 0.250 e. The van der Waals surface area contributed by atoms with Gasteiger partial charge in [-0.15, -0.1) is 0 Å². The van der Waals surface area contributed by atoms with Crippen LogP contribution >= 0.6 is 0 Å². The minimum atomic E-state index is -0.496. The Kier molecular flexibility index (Phi) is 4.17. The van der Waals surface area contributed by atoms with Crippen molar-refractivity contribution in [1.29, 1.82) is 0 Å². The van der Waals surface area contributed by atoms with E-state index in [1.54, 1.807) is 12.1 Å². The largest absolute Gasteiger partial charge is 0.398 e. The van der Waals surface area contributed by atoms with Gasteiger partial charge in [0.1, 0.15) is 0 Å². The number of nitrogen functional groups attached to an aromatic ring is 1. The molecular formula is C12H19N3O. The van der Waals surface area contributed by atoms with Crippen LogP contribution in [0.5, 0.6) is 0 Å². The summed E-state index contributed by atoms with van der Waals surface area (Å²) in [5.74, 6) is 0.0965. The summed E-state index contributed by atoms with van der Waals surface area (Å²) in [4.78, 5) is 11.1. The number of nitrogens with two attached hydrogens (primary N) is 2. The number of rotatable bonds is 5. The molecule has 0 aliphatic carbocycles. The van der Waals surface area contributed by atoms with E-state index >= 15 is 0 Å². The summed E-state index contributed by atoms with van der Waals surface area (Å²) in [5.41, 5.74) is 12.5. The van der Waals surface area contributed by atoms with Crippen molar-refractivity contribution in [3.05, 3.63) is 23.8 Å². The average Bonchev–Trinajstić information content (AvgIpc) is 2.27. The molecular weight excluding hydrogens is 202 g/mol. The molecule has 0 fully saturated rings. The van der Waals surface area contributed by atoms with Crippen molar-refractivity contribution in [2.24, 2.45) is 11.7 Å². The number of hydrogen-bond donors (Lipinski definition) is 3. The lowest BCUT2D eigenvalue weighted by molar-refractivity contribution is 0.100. The second-order valence-corrected chi connectivity index (χ2v) is 4.06. The summed E-state index contributed by atoms with van der Waals surface area (Å²) < 4.78 is 0. The fraction of sp³-hybridized carbons (Fsp3) is 0.417. The summed E-state index contributed by atoms with van der Waals surface area (Å²) in [6.07, 6.45) is 1.12. The first-order valence-corrected chi connectivity index (χ1v) is 5.47. The van der Waals surface area contributed by atoms with E-state index in [1.807, 2.05) is 6.07 Å². The third kappa shape index (κ3) is 3.15. The maximum absolute atomic E-state index is 11.1. The van der Waals surface area contributed by atoms with E-state index in [2.05, 4.69) is 19.2 Å². The summed E-state index contributed by atoms with van der Waals surface area (Å²) in [6.45, 7) is 5.18. The predicted octanol–water partition coefficient (Wildman–Crippen LogP) is 1.83. The van der Waals surface area contributed by atoms with Crippen molar-refractivity contribution >= 4 is 17.3 Å². The molecule has 0 heterocycles. The molecule has 0 aliphatic heterocycles. The molecule has 16 heavy (non-hydrogen) atoms. The normalized spacial score (nSPS) is 12.1. The summed E-state index contributed by atoms with van der Waals surface area (Å²) in [5, 5.41) is 3.25. The second-order valence-electron chi connectivity index (χ2n) is 4.06. The van der Waals surface area contributed by atoms with Crippen LogP contribution in [0.25, 0.3) is 0 Å². The first-order valence-electron chi connectivity index (χ1n) is 5.47. The van der Waals surface area contributed by atoms with Crippen LogP contribution in [-0.4, -0.2) is 12.5 Å². The number of amides is 1. The lowest BCUT2D eigenvalue weighted by Gasteiger charge is -2.12. The van der Waals surface area contributed by atoms with Crippen molar-refractivity contribution in [1.82, 2.24) is 0 Å².